The Bertz CT molecular complexity index is 451. The van der Waals surface area contributed by atoms with Crippen LogP contribution in [0.3, 0.4) is 0 Å². The van der Waals surface area contributed by atoms with Crippen LogP contribution in [-0.2, 0) is 0 Å². The normalized spacial score (nSPS) is 9.93. The van der Waals surface area contributed by atoms with Crippen LogP contribution in [0.1, 0.15) is 0 Å². The van der Waals surface area contributed by atoms with Gasteiger partial charge in [0.25, 0.3) is 0 Å². The predicted molar refractivity (Wildman–Crippen MR) is 67.3 cm³/mol. The highest BCUT2D eigenvalue weighted by atomic mass is 127. The van der Waals surface area contributed by atoms with E-state index in [9.17, 15) is 5.11 Å². The van der Waals surface area contributed by atoms with Crippen molar-refractivity contribution >= 4 is 22.6 Å². The third-order valence-corrected chi connectivity index (χ3v) is 2.59. The first-order chi connectivity index (χ1) is 7.24. The van der Waals surface area contributed by atoms with Crippen molar-refractivity contribution in [2.24, 2.45) is 0 Å². The van der Waals surface area contributed by atoms with Gasteiger partial charge in [0.15, 0.2) is 0 Å². The number of rotatable bonds is 2. The highest BCUT2D eigenvalue weighted by molar-refractivity contribution is 14.1. The minimum absolute atomic E-state index is 0.206. The Morgan fingerprint density at radius 2 is 1.67 bits per heavy atom. The molecule has 0 saturated heterocycles. The molecule has 0 aliphatic heterocycles. The summed E-state index contributed by atoms with van der Waals surface area (Å²) >= 11 is 2.24. The third kappa shape index (κ3) is 2.86. The molecule has 3 heteroatoms. The van der Waals surface area contributed by atoms with Gasteiger partial charge in [-0.1, -0.05) is 6.07 Å². The van der Waals surface area contributed by atoms with E-state index in [1.165, 1.54) is 0 Å². The van der Waals surface area contributed by atoms with Gasteiger partial charge in [0, 0.05) is 9.64 Å². The van der Waals surface area contributed by atoms with Crippen LogP contribution in [0.4, 0.5) is 0 Å². The molecule has 0 atom stereocenters. The number of hydrogen-bond acceptors (Lipinski definition) is 2. The van der Waals surface area contributed by atoms with E-state index >= 15 is 0 Å². The van der Waals surface area contributed by atoms with Gasteiger partial charge in [0.05, 0.1) is 0 Å². The average molecular weight is 312 g/mol. The number of aromatic hydroxyl groups is 1. The Hall–Kier alpha value is -1.23. The van der Waals surface area contributed by atoms with Gasteiger partial charge < -0.3 is 9.84 Å². The first kappa shape index (κ1) is 10.3. The number of phenols is 1. The van der Waals surface area contributed by atoms with E-state index in [1.54, 1.807) is 24.3 Å². The molecular weight excluding hydrogens is 303 g/mol. The molecule has 0 bridgehead atoms. The van der Waals surface area contributed by atoms with Crippen LogP contribution < -0.4 is 4.74 Å². The van der Waals surface area contributed by atoms with E-state index in [4.69, 9.17) is 4.74 Å². The van der Waals surface area contributed by atoms with Crippen LogP contribution in [0.2, 0.25) is 0 Å². The van der Waals surface area contributed by atoms with E-state index in [1.807, 2.05) is 24.3 Å². The molecule has 0 aliphatic rings. The lowest BCUT2D eigenvalue weighted by molar-refractivity contribution is 0.455. The van der Waals surface area contributed by atoms with Crippen LogP contribution >= 0.6 is 22.6 Å². The highest BCUT2D eigenvalue weighted by Crippen LogP contribution is 2.24. The van der Waals surface area contributed by atoms with Gasteiger partial charge in [-0.25, -0.2) is 0 Å². The SMILES string of the molecule is Oc1cccc(Oc2ccc(I)cc2)c1. The largest absolute Gasteiger partial charge is 0.508 e. The lowest BCUT2D eigenvalue weighted by Crippen LogP contribution is -1.83. The molecule has 2 aromatic carbocycles. The Balaban J connectivity index is 2.18. The quantitative estimate of drug-likeness (QED) is 0.855. The summed E-state index contributed by atoms with van der Waals surface area (Å²) in [6.07, 6.45) is 0. The van der Waals surface area contributed by atoms with Crippen LogP contribution in [-0.4, -0.2) is 5.11 Å². The number of hydrogen-bond donors (Lipinski definition) is 1. The van der Waals surface area contributed by atoms with Gasteiger partial charge in [0.2, 0.25) is 0 Å². The fourth-order valence-electron chi connectivity index (χ4n) is 1.19. The molecular formula is C12H9IO2. The molecule has 0 aliphatic carbocycles. The summed E-state index contributed by atoms with van der Waals surface area (Å²) in [7, 11) is 0. The molecule has 15 heavy (non-hydrogen) atoms. The smallest absolute Gasteiger partial charge is 0.131 e. The molecule has 0 amide bonds. The number of benzene rings is 2. The highest BCUT2D eigenvalue weighted by Gasteiger charge is 1.97. The van der Waals surface area contributed by atoms with Gasteiger partial charge in [-0.3, -0.25) is 0 Å². The number of ether oxygens (including phenoxy) is 1. The van der Waals surface area contributed by atoms with Gasteiger partial charge >= 0.3 is 0 Å². The summed E-state index contributed by atoms with van der Waals surface area (Å²) in [5.74, 6) is 1.61. The Morgan fingerprint density at radius 3 is 2.33 bits per heavy atom. The van der Waals surface area contributed by atoms with Crippen LogP contribution in [0, 0.1) is 3.57 Å². The maximum atomic E-state index is 9.25. The molecule has 0 spiro atoms. The zero-order chi connectivity index (χ0) is 10.7. The van der Waals surface area contributed by atoms with Gasteiger partial charge in [-0.05, 0) is 59.0 Å². The molecule has 1 N–H and O–H groups in total. The van der Waals surface area contributed by atoms with Gasteiger partial charge in [0.1, 0.15) is 17.2 Å². The summed E-state index contributed by atoms with van der Waals surface area (Å²) in [5.41, 5.74) is 0. The van der Waals surface area contributed by atoms with Crippen molar-refractivity contribution in [3.63, 3.8) is 0 Å². The molecule has 2 nitrogen and oxygen atoms in total. The average Bonchev–Trinajstić information content (AvgIpc) is 2.22. The van der Waals surface area contributed by atoms with Crippen LogP contribution in [0.5, 0.6) is 17.2 Å². The second-order valence-electron chi connectivity index (χ2n) is 3.05. The fraction of sp³-hybridized carbons (Fsp3) is 0. The molecule has 2 rings (SSSR count). The van der Waals surface area contributed by atoms with E-state index < -0.39 is 0 Å². The second kappa shape index (κ2) is 4.53. The lowest BCUT2D eigenvalue weighted by Gasteiger charge is -2.05. The minimum Gasteiger partial charge on any atom is -0.508 e. The van der Waals surface area contributed by atoms with Crippen molar-refractivity contribution in [1.82, 2.24) is 0 Å². The van der Waals surface area contributed by atoms with E-state index in [2.05, 4.69) is 22.6 Å². The summed E-state index contributed by atoms with van der Waals surface area (Å²) < 4.78 is 6.71. The number of phenolic OH excluding ortho intramolecular Hbond substituents is 1. The minimum atomic E-state index is 0.206. The molecule has 2 aromatic rings. The molecule has 0 heterocycles. The monoisotopic (exact) mass is 312 g/mol. The Labute approximate surface area is 102 Å². The summed E-state index contributed by atoms with van der Waals surface area (Å²) in [4.78, 5) is 0. The summed E-state index contributed by atoms with van der Waals surface area (Å²) in [5, 5.41) is 9.25. The maximum Gasteiger partial charge on any atom is 0.131 e. The van der Waals surface area contributed by atoms with Crippen molar-refractivity contribution in [1.29, 1.82) is 0 Å². The van der Waals surface area contributed by atoms with Crippen LogP contribution in [0.15, 0.2) is 48.5 Å². The van der Waals surface area contributed by atoms with Crippen molar-refractivity contribution in [3.8, 4) is 17.2 Å². The molecule has 0 aromatic heterocycles. The zero-order valence-electron chi connectivity index (χ0n) is 7.85. The van der Waals surface area contributed by atoms with E-state index in [-0.39, 0.29) is 5.75 Å². The molecule has 76 valence electrons. The standard InChI is InChI=1S/C12H9IO2/c13-9-4-6-11(7-5-9)15-12-3-1-2-10(14)8-12/h1-8,14H. The topological polar surface area (TPSA) is 29.5 Å². The first-order valence-corrected chi connectivity index (χ1v) is 5.54. The summed E-state index contributed by atoms with van der Waals surface area (Å²) in [6, 6.07) is 14.5. The number of halogens is 1. The van der Waals surface area contributed by atoms with E-state index in [0.29, 0.717) is 5.75 Å². The zero-order valence-corrected chi connectivity index (χ0v) is 10.0. The van der Waals surface area contributed by atoms with E-state index in [0.717, 1.165) is 9.32 Å². The van der Waals surface area contributed by atoms with Crippen molar-refractivity contribution in [2.45, 2.75) is 0 Å². The Kier molecular flexibility index (Phi) is 3.11. The second-order valence-corrected chi connectivity index (χ2v) is 4.30. The predicted octanol–water partition coefficient (Wildman–Crippen LogP) is 3.79. The van der Waals surface area contributed by atoms with Gasteiger partial charge in [-0.2, -0.15) is 0 Å². The Morgan fingerprint density at radius 1 is 0.933 bits per heavy atom. The van der Waals surface area contributed by atoms with Crippen LogP contribution in [0.25, 0.3) is 0 Å². The molecule has 0 unspecified atom stereocenters. The molecule has 0 fully saturated rings. The maximum absolute atomic E-state index is 9.25. The van der Waals surface area contributed by atoms with Gasteiger partial charge in [-0.15, -0.1) is 0 Å². The third-order valence-electron chi connectivity index (χ3n) is 1.87. The van der Waals surface area contributed by atoms with Crippen molar-refractivity contribution < 1.29 is 9.84 Å². The van der Waals surface area contributed by atoms with Crippen molar-refractivity contribution in [3.05, 3.63) is 52.1 Å². The summed E-state index contributed by atoms with van der Waals surface area (Å²) in [6.45, 7) is 0. The molecule has 0 radical (unpaired) electrons. The molecule has 0 saturated carbocycles. The fourth-order valence-corrected chi connectivity index (χ4v) is 1.55. The van der Waals surface area contributed by atoms with Crippen molar-refractivity contribution in [2.75, 3.05) is 0 Å². The lowest BCUT2D eigenvalue weighted by atomic mass is 10.3. The first-order valence-electron chi connectivity index (χ1n) is 4.46.